The Morgan fingerprint density at radius 2 is 2.12 bits per heavy atom. The molecule has 0 aliphatic carbocycles. The first-order chi connectivity index (χ1) is 11.6. The number of carbonyl (C=O) groups excluding carboxylic acids is 2. The molecule has 0 saturated carbocycles. The molecule has 1 aromatic heterocycles. The van der Waals surface area contributed by atoms with Gasteiger partial charge >= 0.3 is 0 Å². The highest BCUT2D eigenvalue weighted by atomic mass is 35.5. The van der Waals surface area contributed by atoms with Gasteiger partial charge in [0.25, 0.3) is 5.91 Å². The van der Waals surface area contributed by atoms with E-state index in [1.807, 2.05) is 29.6 Å². The van der Waals surface area contributed by atoms with Crippen LogP contribution < -0.4 is 5.32 Å². The lowest BCUT2D eigenvalue weighted by Gasteiger charge is -2.38. The Balaban J connectivity index is 1.79. The predicted molar refractivity (Wildman–Crippen MR) is 92.9 cm³/mol. The third-order valence-electron chi connectivity index (χ3n) is 3.97. The van der Waals surface area contributed by atoms with Crippen molar-refractivity contribution in [3.05, 3.63) is 57.2 Å². The van der Waals surface area contributed by atoms with Crippen molar-refractivity contribution in [3.63, 3.8) is 0 Å². The minimum atomic E-state index is -0.756. The van der Waals surface area contributed by atoms with Gasteiger partial charge in [0.2, 0.25) is 5.91 Å². The van der Waals surface area contributed by atoms with Crippen LogP contribution in [0.25, 0.3) is 0 Å². The van der Waals surface area contributed by atoms with Crippen LogP contribution in [0, 0.1) is 0 Å². The Hall–Kier alpha value is -1.89. The third-order valence-corrected chi connectivity index (χ3v) is 5.10. The third kappa shape index (κ3) is 3.61. The molecule has 1 N–H and O–H groups in total. The number of rotatable bonds is 4. The van der Waals surface area contributed by atoms with Gasteiger partial charge in [-0.25, -0.2) is 0 Å². The number of thiophene rings is 1. The average molecular weight is 365 g/mol. The molecule has 2 aromatic rings. The predicted octanol–water partition coefficient (Wildman–Crippen LogP) is 2.62. The molecule has 0 radical (unpaired) electrons. The highest BCUT2D eigenvalue weighted by Gasteiger charge is 2.39. The molecule has 126 valence electrons. The van der Waals surface area contributed by atoms with Crippen LogP contribution in [0.3, 0.4) is 0 Å². The molecule has 1 aliphatic rings. The molecule has 24 heavy (non-hydrogen) atoms. The first-order valence-electron chi connectivity index (χ1n) is 7.49. The Morgan fingerprint density at radius 3 is 2.79 bits per heavy atom. The number of nitrogens with one attached hydrogen (secondary N) is 1. The minimum Gasteiger partial charge on any atom is -0.356 e. The fourth-order valence-corrected chi connectivity index (χ4v) is 3.45. The van der Waals surface area contributed by atoms with Crippen LogP contribution in [0.4, 0.5) is 0 Å². The summed E-state index contributed by atoms with van der Waals surface area (Å²) >= 11 is 7.51. The van der Waals surface area contributed by atoms with Gasteiger partial charge in [-0.2, -0.15) is 0 Å². The standard InChI is InChI=1S/C17H17ClN2O3S/c1-20-14(21)10-23-16(15(20)11-4-6-12(18)7-5-11)17(22)19-9-13-3-2-8-24-13/h2-8,15-16H,9-10H2,1H3,(H,19,22)/t15-,16+/m0/s1. The van der Waals surface area contributed by atoms with Crippen LogP contribution in [0.5, 0.6) is 0 Å². The lowest BCUT2D eigenvalue weighted by atomic mass is 9.97. The molecule has 0 bridgehead atoms. The van der Waals surface area contributed by atoms with E-state index in [9.17, 15) is 9.59 Å². The van der Waals surface area contributed by atoms with Crippen molar-refractivity contribution in [1.29, 1.82) is 0 Å². The maximum absolute atomic E-state index is 12.6. The van der Waals surface area contributed by atoms with Crippen LogP contribution in [-0.4, -0.2) is 36.5 Å². The van der Waals surface area contributed by atoms with Gasteiger partial charge < -0.3 is 15.0 Å². The second-order valence-corrected chi connectivity index (χ2v) is 7.00. The molecule has 0 unspecified atom stereocenters. The van der Waals surface area contributed by atoms with Crippen LogP contribution in [0.15, 0.2) is 41.8 Å². The van der Waals surface area contributed by atoms with E-state index < -0.39 is 12.1 Å². The number of ether oxygens (including phenoxy) is 1. The lowest BCUT2D eigenvalue weighted by molar-refractivity contribution is -0.162. The second-order valence-electron chi connectivity index (χ2n) is 5.53. The fourth-order valence-electron chi connectivity index (χ4n) is 2.68. The normalized spacial score (nSPS) is 20.9. The van der Waals surface area contributed by atoms with Crippen molar-refractivity contribution in [2.75, 3.05) is 13.7 Å². The van der Waals surface area contributed by atoms with E-state index in [4.69, 9.17) is 16.3 Å². The van der Waals surface area contributed by atoms with E-state index in [0.29, 0.717) is 11.6 Å². The van der Waals surface area contributed by atoms with E-state index in [1.165, 1.54) is 0 Å². The van der Waals surface area contributed by atoms with Gasteiger partial charge in [-0.3, -0.25) is 9.59 Å². The molecule has 7 heteroatoms. The number of amides is 2. The summed E-state index contributed by atoms with van der Waals surface area (Å²) in [5.41, 5.74) is 0.811. The van der Waals surface area contributed by atoms with Crippen LogP contribution in [0.2, 0.25) is 5.02 Å². The smallest absolute Gasteiger partial charge is 0.251 e. The van der Waals surface area contributed by atoms with Crippen molar-refractivity contribution in [3.8, 4) is 0 Å². The average Bonchev–Trinajstić information content (AvgIpc) is 3.09. The SMILES string of the molecule is CN1C(=O)CO[C@@H](C(=O)NCc2cccs2)[C@@H]1c1ccc(Cl)cc1. The van der Waals surface area contributed by atoms with E-state index >= 15 is 0 Å². The molecule has 1 saturated heterocycles. The zero-order valence-corrected chi connectivity index (χ0v) is 14.6. The van der Waals surface area contributed by atoms with Crippen LogP contribution >= 0.6 is 22.9 Å². The van der Waals surface area contributed by atoms with E-state index in [1.54, 1.807) is 35.4 Å². The van der Waals surface area contributed by atoms with Gasteiger partial charge in [0.05, 0.1) is 12.6 Å². The number of hydrogen-bond donors (Lipinski definition) is 1. The van der Waals surface area contributed by atoms with Gasteiger partial charge in [0.1, 0.15) is 6.61 Å². The summed E-state index contributed by atoms with van der Waals surface area (Å²) in [5.74, 6) is -0.389. The topological polar surface area (TPSA) is 58.6 Å². The van der Waals surface area contributed by atoms with Gasteiger partial charge in [-0.05, 0) is 29.1 Å². The molecule has 1 aromatic carbocycles. The molecular formula is C17H17ClN2O3S. The zero-order chi connectivity index (χ0) is 17.1. The van der Waals surface area contributed by atoms with Crippen molar-refractivity contribution < 1.29 is 14.3 Å². The largest absolute Gasteiger partial charge is 0.356 e. The molecule has 0 spiro atoms. The molecule has 2 amide bonds. The summed E-state index contributed by atoms with van der Waals surface area (Å²) in [7, 11) is 1.68. The molecule has 3 rings (SSSR count). The first-order valence-corrected chi connectivity index (χ1v) is 8.75. The summed E-state index contributed by atoms with van der Waals surface area (Å²) in [6.45, 7) is 0.346. The number of carbonyl (C=O) groups is 2. The first kappa shape index (κ1) is 17.0. The molecule has 1 fully saturated rings. The monoisotopic (exact) mass is 364 g/mol. The summed E-state index contributed by atoms with van der Waals surface area (Å²) in [6, 6.07) is 10.5. The molecule has 1 aliphatic heterocycles. The van der Waals surface area contributed by atoms with Crippen molar-refractivity contribution in [2.24, 2.45) is 0 Å². The fraction of sp³-hybridized carbons (Fsp3) is 0.294. The van der Waals surface area contributed by atoms with Crippen molar-refractivity contribution in [1.82, 2.24) is 10.2 Å². The van der Waals surface area contributed by atoms with E-state index in [-0.39, 0.29) is 18.4 Å². The highest BCUT2D eigenvalue weighted by Crippen LogP contribution is 2.30. The van der Waals surface area contributed by atoms with Crippen molar-refractivity contribution >= 4 is 34.8 Å². The number of nitrogens with zero attached hydrogens (tertiary/aromatic N) is 1. The molecule has 2 heterocycles. The molecule has 5 nitrogen and oxygen atoms in total. The van der Waals surface area contributed by atoms with Gasteiger partial charge in [0.15, 0.2) is 6.10 Å². The Morgan fingerprint density at radius 1 is 1.38 bits per heavy atom. The number of hydrogen-bond acceptors (Lipinski definition) is 4. The van der Waals surface area contributed by atoms with E-state index in [2.05, 4.69) is 5.32 Å². The summed E-state index contributed by atoms with van der Waals surface area (Å²) in [4.78, 5) is 27.2. The number of benzene rings is 1. The molecule has 2 atom stereocenters. The second kappa shape index (κ2) is 7.34. The maximum Gasteiger partial charge on any atom is 0.251 e. The highest BCUT2D eigenvalue weighted by molar-refractivity contribution is 7.09. The van der Waals surface area contributed by atoms with Gasteiger partial charge in [-0.1, -0.05) is 29.8 Å². The summed E-state index contributed by atoms with van der Waals surface area (Å²) in [6.07, 6.45) is -0.756. The van der Waals surface area contributed by atoms with Crippen LogP contribution in [-0.2, 0) is 20.9 Å². The lowest BCUT2D eigenvalue weighted by Crippen LogP contribution is -2.52. The van der Waals surface area contributed by atoms with Crippen molar-refractivity contribution in [2.45, 2.75) is 18.7 Å². The Kier molecular flexibility index (Phi) is 5.18. The number of morpholine rings is 1. The Labute approximate surface area is 149 Å². The number of halogens is 1. The Bertz CT molecular complexity index is 718. The summed E-state index contributed by atoms with van der Waals surface area (Å²) < 4.78 is 5.56. The van der Waals surface area contributed by atoms with Gasteiger partial charge in [0, 0.05) is 16.9 Å². The zero-order valence-electron chi connectivity index (χ0n) is 13.1. The minimum absolute atomic E-state index is 0.0995. The quantitative estimate of drug-likeness (QED) is 0.907. The van der Waals surface area contributed by atoms with Gasteiger partial charge in [-0.15, -0.1) is 11.3 Å². The molecular weight excluding hydrogens is 348 g/mol. The van der Waals surface area contributed by atoms with E-state index in [0.717, 1.165) is 10.4 Å². The summed E-state index contributed by atoms with van der Waals surface area (Å²) in [5, 5.41) is 5.44. The maximum atomic E-state index is 12.6. The number of likely N-dealkylation sites (N-methyl/N-ethyl adjacent to an activating group) is 1. The van der Waals surface area contributed by atoms with Crippen LogP contribution in [0.1, 0.15) is 16.5 Å².